The Morgan fingerprint density at radius 3 is 2.19 bits per heavy atom. The minimum Gasteiger partial charge on any atom is -0.427 e. The van der Waals surface area contributed by atoms with Crippen LogP contribution in [0.5, 0.6) is 11.5 Å². The van der Waals surface area contributed by atoms with Crippen molar-refractivity contribution in [2.24, 2.45) is 0 Å². The van der Waals surface area contributed by atoms with Gasteiger partial charge in [0.15, 0.2) is 5.75 Å². The van der Waals surface area contributed by atoms with Crippen LogP contribution in [0.4, 0.5) is 0 Å². The van der Waals surface area contributed by atoms with E-state index < -0.39 is 0 Å². The van der Waals surface area contributed by atoms with E-state index in [1.165, 1.54) is 0 Å². The molecule has 2 aromatic carbocycles. The lowest BCUT2D eigenvalue weighted by molar-refractivity contribution is -0.134. The van der Waals surface area contributed by atoms with E-state index in [0.717, 1.165) is 11.1 Å². The van der Waals surface area contributed by atoms with Crippen LogP contribution in [0.15, 0.2) is 36.4 Å². The van der Waals surface area contributed by atoms with Gasteiger partial charge in [-0.2, -0.15) is 5.26 Å². The second-order valence-electron chi connectivity index (χ2n) is 5.58. The molecule has 0 bridgehead atoms. The molecule has 0 aromatic heterocycles. The van der Waals surface area contributed by atoms with E-state index in [4.69, 9.17) is 9.47 Å². The van der Waals surface area contributed by atoms with E-state index in [-0.39, 0.29) is 24.3 Å². The number of rotatable bonds is 7. The Kier molecular flexibility index (Phi) is 6.76. The first kappa shape index (κ1) is 19.0. The molecule has 0 saturated heterocycles. The molecule has 2 rings (SSSR count). The van der Waals surface area contributed by atoms with Crippen LogP contribution in [0.1, 0.15) is 43.7 Å². The highest BCUT2D eigenvalue weighted by molar-refractivity contribution is 5.72. The molecule has 0 aliphatic carbocycles. The third-order valence-corrected chi connectivity index (χ3v) is 3.68. The monoisotopic (exact) mass is 349 g/mol. The highest BCUT2D eigenvalue weighted by atomic mass is 16.5. The summed E-state index contributed by atoms with van der Waals surface area (Å²) in [5.74, 6) is -0.236. The molecule has 1 unspecified atom stereocenters. The van der Waals surface area contributed by atoms with Crippen molar-refractivity contribution in [3.8, 4) is 17.6 Å². The summed E-state index contributed by atoms with van der Waals surface area (Å²) in [6.45, 7) is 3.44. The molecule has 26 heavy (non-hydrogen) atoms. The smallest absolute Gasteiger partial charge is 0.311 e. The van der Waals surface area contributed by atoms with Gasteiger partial charge in [0.05, 0.1) is 12.0 Å². The maximum absolute atomic E-state index is 11.3. The molecular weight excluding hydrogens is 330 g/mol. The van der Waals surface area contributed by atoms with Gasteiger partial charge in [-0.25, -0.2) is 0 Å². The third kappa shape index (κ3) is 5.36. The van der Waals surface area contributed by atoms with Gasteiger partial charge in [-0.3, -0.25) is 9.59 Å². The van der Waals surface area contributed by atoms with Crippen molar-refractivity contribution in [1.29, 1.82) is 5.26 Å². The fourth-order valence-electron chi connectivity index (χ4n) is 2.20. The van der Waals surface area contributed by atoms with Crippen LogP contribution < -0.4 is 9.47 Å². The number of ether oxygens (including phenoxy) is 2. The van der Waals surface area contributed by atoms with Crippen molar-refractivity contribution in [3.05, 3.63) is 59.7 Å². The third-order valence-electron chi connectivity index (χ3n) is 3.68. The Bertz CT molecular complexity index is 788. The summed E-state index contributed by atoms with van der Waals surface area (Å²) < 4.78 is 10.2. The lowest BCUT2D eigenvalue weighted by atomic mass is 9.94. The topological polar surface area (TPSA) is 76.4 Å². The van der Waals surface area contributed by atoms with Gasteiger partial charge >= 0.3 is 11.9 Å². The van der Waals surface area contributed by atoms with Gasteiger partial charge in [0, 0.05) is 24.8 Å². The zero-order valence-electron chi connectivity index (χ0n) is 14.7. The summed E-state index contributed by atoms with van der Waals surface area (Å²) in [5, 5.41) is 9.47. The van der Waals surface area contributed by atoms with Crippen molar-refractivity contribution in [3.63, 3.8) is 0 Å². The summed E-state index contributed by atoms with van der Waals surface area (Å²) in [4.78, 5) is 22.6. The molecule has 5 nitrogen and oxygen atoms in total. The second-order valence-corrected chi connectivity index (χ2v) is 5.58. The largest absolute Gasteiger partial charge is 0.427 e. The number of nitriles is 1. The fraction of sp³-hybridized carbons (Fsp3) is 0.286. The van der Waals surface area contributed by atoms with E-state index in [2.05, 4.69) is 18.2 Å². The van der Waals surface area contributed by atoms with Crippen molar-refractivity contribution in [1.82, 2.24) is 0 Å². The minimum absolute atomic E-state index is 0.287. The summed E-state index contributed by atoms with van der Waals surface area (Å²) in [7, 11) is 0. The molecule has 0 N–H and O–H groups in total. The van der Waals surface area contributed by atoms with Crippen LogP contribution in [-0.4, -0.2) is 11.9 Å². The van der Waals surface area contributed by atoms with Crippen LogP contribution >= 0.6 is 0 Å². The number of hydrogen-bond donors (Lipinski definition) is 0. The van der Waals surface area contributed by atoms with Gasteiger partial charge in [-0.15, -0.1) is 0 Å². The maximum Gasteiger partial charge on any atom is 0.311 e. The van der Waals surface area contributed by atoms with E-state index in [1.54, 1.807) is 50.2 Å². The van der Waals surface area contributed by atoms with Crippen LogP contribution in [0.3, 0.4) is 0 Å². The maximum atomic E-state index is 11.3. The normalized spacial score (nSPS) is 11.0. The molecule has 1 atom stereocenters. The first-order valence-electron chi connectivity index (χ1n) is 8.39. The Balaban J connectivity index is 2.03. The molecule has 0 spiro atoms. The molecule has 0 aliphatic heterocycles. The predicted molar refractivity (Wildman–Crippen MR) is 94.5 cm³/mol. The number of nitrogens with zero attached hydrogens (tertiary/aromatic N) is 1. The molecule has 0 radical (unpaired) electrons. The lowest BCUT2D eigenvalue weighted by Crippen LogP contribution is -2.06. The number of hydrogen-bond acceptors (Lipinski definition) is 5. The molecular formula is C21H19NO4. The van der Waals surface area contributed by atoms with E-state index >= 15 is 0 Å². The molecule has 0 fully saturated rings. The van der Waals surface area contributed by atoms with Gasteiger partial charge < -0.3 is 9.47 Å². The van der Waals surface area contributed by atoms with Crippen LogP contribution in [0, 0.1) is 23.5 Å². The van der Waals surface area contributed by atoms with Crippen molar-refractivity contribution in [2.75, 3.05) is 0 Å². The molecule has 5 heteroatoms. The summed E-state index contributed by atoms with van der Waals surface area (Å²) in [6, 6.07) is 18.3. The first-order chi connectivity index (χ1) is 12.5. The van der Waals surface area contributed by atoms with E-state index in [0.29, 0.717) is 24.3 Å². The number of carbonyl (C=O) groups excluding carboxylic acids is 2. The Morgan fingerprint density at radius 1 is 1.00 bits per heavy atom. The molecule has 0 saturated carbocycles. The summed E-state index contributed by atoms with van der Waals surface area (Å²) in [6.07, 6.45) is 1.04. The lowest BCUT2D eigenvalue weighted by Gasteiger charge is -2.10. The number of esters is 2. The number of carbonyl (C=O) groups is 2. The van der Waals surface area contributed by atoms with Crippen LogP contribution in [-0.2, 0) is 16.0 Å². The average Bonchev–Trinajstić information content (AvgIpc) is 2.67. The Morgan fingerprint density at radius 2 is 1.65 bits per heavy atom. The molecule has 0 heterocycles. The standard InChI is InChI=1S/C21H19NO4/c1-3-20(23)25-18-9-5-15(6-10-18)13-17(14-22)16-7-11-19(12-8-16)26-21(24)4-2/h5,7-9,11-12,17H,3-4,13H2,1-2H3. The first-order valence-corrected chi connectivity index (χ1v) is 8.39. The predicted octanol–water partition coefficient (Wildman–Crippen LogP) is 3.77. The van der Waals surface area contributed by atoms with Gasteiger partial charge in [-0.1, -0.05) is 32.0 Å². The SMILES string of the molecule is CCC(=O)Oc1c#cc(CC(C#N)c2ccc(OC(=O)CC)cc2)cc1. The van der Waals surface area contributed by atoms with Gasteiger partial charge in [0.1, 0.15) is 5.75 Å². The second kappa shape index (κ2) is 9.25. The summed E-state index contributed by atoms with van der Waals surface area (Å²) in [5.41, 5.74) is 1.60. The van der Waals surface area contributed by atoms with Crippen molar-refractivity contribution >= 4 is 11.9 Å². The van der Waals surface area contributed by atoms with Crippen molar-refractivity contribution < 1.29 is 19.1 Å². The van der Waals surface area contributed by atoms with Crippen LogP contribution in [0.25, 0.3) is 0 Å². The van der Waals surface area contributed by atoms with E-state index in [9.17, 15) is 14.9 Å². The zero-order chi connectivity index (χ0) is 18.9. The molecule has 0 aliphatic rings. The van der Waals surface area contributed by atoms with Gasteiger partial charge in [0.2, 0.25) is 0 Å². The van der Waals surface area contributed by atoms with Gasteiger partial charge in [0.25, 0.3) is 0 Å². The Labute approximate surface area is 153 Å². The number of benzene rings is 1. The van der Waals surface area contributed by atoms with Gasteiger partial charge in [-0.05, 0) is 35.9 Å². The average molecular weight is 349 g/mol. The molecule has 0 amide bonds. The minimum atomic E-state index is -0.375. The zero-order valence-corrected chi connectivity index (χ0v) is 14.7. The quantitative estimate of drug-likeness (QED) is 0.562. The van der Waals surface area contributed by atoms with Crippen LogP contribution in [0.2, 0.25) is 0 Å². The Hall–Kier alpha value is -3.31. The van der Waals surface area contributed by atoms with E-state index in [1.807, 2.05) is 0 Å². The highest BCUT2D eigenvalue weighted by Gasteiger charge is 2.13. The summed E-state index contributed by atoms with van der Waals surface area (Å²) >= 11 is 0. The molecule has 2 aromatic rings. The van der Waals surface area contributed by atoms with Crippen molar-refractivity contribution in [2.45, 2.75) is 39.0 Å². The highest BCUT2D eigenvalue weighted by Crippen LogP contribution is 2.23. The molecule has 132 valence electrons. The fourth-order valence-corrected chi connectivity index (χ4v) is 2.20.